The van der Waals surface area contributed by atoms with Crippen molar-refractivity contribution in [2.45, 2.75) is 45.6 Å². The predicted molar refractivity (Wildman–Crippen MR) is 85.6 cm³/mol. The van der Waals surface area contributed by atoms with Crippen LogP contribution in [0.5, 0.6) is 0 Å². The second-order valence-electron chi connectivity index (χ2n) is 5.23. The summed E-state index contributed by atoms with van der Waals surface area (Å²) in [4.78, 5) is 0. The molecule has 0 N–H and O–H groups in total. The minimum Gasteiger partial charge on any atom is -0.501 e. The normalized spacial score (nSPS) is 18.9. The fourth-order valence-electron chi connectivity index (χ4n) is 2.57. The van der Waals surface area contributed by atoms with E-state index in [4.69, 9.17) is 9.47 Å². The van der Waals surface area contributed by atoms with Gasteiger partial charge in [0.05, 0.1) is 19.0 Å². The van der Waals surface area contributed by atoms with Gasteiger partial charge >= 0.3 is 0 Å². The van der Waals surface area contributed by atoms with E-state index in [9.17, 15) is 0 Å². The molecule has 1 aliphatic carbocycles. The van der Waals surface area contributed by atoms with Crippen LogP contribution in [0.1, 0.15) is 39.5 Å². The summed E-state index contributed by atoms with van der Waals surface area (Å²) in [5.74, 6) is 1.53. The molecule has 0 saturated heterocycles. The molecule has 0 aromatic heterocycles. The van der Waals surface area contributed by atoms with Gasteiger partial charge in [-0.05, 0) is 37.8 Å². The summed E-state index contributed by atoms with van der Waals surface area (Å²) in [7, 11) is 3.49. The van der Waals surface area contributed by atoms with E-state index in [-0.39, 0.29) is 6.10 Å². The number of hydrogen-bond acceptors (Lipinski definition) is 2. The van der Waals surface area contributed by atoms with Gasteiger partial charge in [-0.2, -0.15) is 0 Å². The molecule has 0 radical (unpaired) electrons. The molecule has 0 bridgehead atoms. The van der Waals surface area contributed by atoms with Crippen molar-refractivity contribution >= 4 is 0 Å². The first kappa shape index (κ1) is 16.8. The zero-order valence-corrected chi connectivity index (χ0v) is 13.3. The third kappa shape index (κ3) is 4.68. The first-order valence-corrected chi connectivity index (χ1v) is 7.45. The first-order chi connectivity index (χ1) is 9.65. The fourth-order valence-corrected chi connectivity index (χ4v) is 2.57. The maximum atomic E-state index is 5.31. The standard InChI is InChI=1S/C18H28O2/c1-6-15(9-8-14(3)19-4)18(7-2)16-10-12-17(20-5)13-11-16/h6,9-10,12,14,18H,1,7-8,11,13H2,2-5H3/b15-9+. The zero-order chi connectivity index (χ0) is 15.0. The van der Waals surface area contributed by atoms with Crippen LogP contribution in [0, 0.1) is 5.92 Å². The largest absolute Gasteiger partial charge is 0.501 e. The molecule has 0 heterocycles. The molecule has 0 saturated carbocycles. The Hall–Kier alpha value is -1.28. The molecular formula is C18H28O2. The van der Waals surface area contributed by atoms with Gasteiger partial charge in [-0.25, -0.2) is 0 Å². The number of rotatable bonds is 8. The van der Waals surface area contributed by atoms with Gasteiger partial charge < -0.3 is 9.47 Å². The summed E-state index contributed by atoms with van der Waals surface area (Å²) in [5.41, 5.74) is 2.79. The molecule has 0 fully saturated rings. The lowest BCUT2D eigenvalue weighted by Gasteiger charge is -2.23. The molecule has 2 unspecified atom stereocenters. The average Bonchev–Trinajstić information content (AvgIpc) is 2.51. The Labute approximate surface area is 123 Å². The van der Waals surface area contributed by atoms with E-state index < -0.39 is 0 Å². The molecule has 1 aliphatic rings. The molecule has 0 aliphatic heterocycles. The van der Waals surface area contributed by atoms with E-state index in [1.165, 1.54) is 11.1 Å². The molecule has 1 rings (SSSR count). The Morgan fingerprint density at radius 2 is 2.10 bits per heavy atom. The van der Waals surface area contributed by atoms with Crippen LogP contribution in [0.2, 0.25) is 0 Å². The molecular weight excluding hydrogens is 248 g/mol. The van der Waals surface area contributed by atoms with Crippen molar-refractivity contribution in [2.75, 3.05) is 14.2 Å². The number of ether oxygens (including phenoxy) is 2. The lowest BCUT2D eigenvalue weighted by Crippen LogP contribution is -2.10. The Morgan fingerprint density at radius 1 is 1.35 bits per heavy atom. The lowest BCUT2D eigenvalue weighted by molar-refractivity contribution is 0.121. The molecule has 0 aromatic rings. The van der Waals surface area contributed by atoms with Crippen molar-refractivity contribution in [3.8, 4) is 0 Å². The van der Waals surface area contributed by atoms with Crippen molar-refractivity contribution in [3.63, 3.8) is 0 Å². The van der Waals surface area contributed by atoms with Crippen molar-refractivity contribution in [3.05, 3.63) is 47.8 Å². The maximum Gasteiger partial charge on any atom is 0.0958 e. The van der Waals surface area contributed by atoms with Crippen LogP contribution in [0.15, 0.2) is 47.8 Å². The van der Waals surface area contributed by atoms with Crippen molar-refractivity contribution in [1.82, 2.24) is 0 Å². The van der Waals surface area contributed by atoms with E-state index in [0.29, 0.717) is 5.92 Å². The Kier molecular flexibility index (Phi) is 7.38. The number of methoxy groups -OCH3 is 2. The van der Waals surface area contributed by atoms with Crippen molar-refractivity contribution in [1.29, 1.82) is 0 Å². The molecule has 0 aromatic carbocycles. The molecule has 20 heavy (non-hydrogen) atoms. The number of allylic oxidation sites excluding steroid dienone is 6. The smallest absolute Gasteiger partial charge is 0.0958 e. The van der Waals surface area contributed by atoms with Crippen LogP contribution >= 0.6 is 0 Å². The third-order valence-corrected chi connectivity index (χ3v) is 3.99. The van der Waals surface area contributed by atoms with Crippen molar-refractivity contribution < 1.29 is 9.47 Å². The minimum atomic E-state index is 0.253. The van der Waals surface area contributed by atoms with Gasteiger partial charge in [0.1, 0.15) is 0 Å². The summed E-state index contributed by atoms with van der Waals surface area (Å²) >= 11 is 0. The SMILES string of the molecule is C=C/C(=C\CC(C)OC)C(CC)C1=CC=C(OC)CC1. The van der Waals surface area contributed by atoms with Crippen LogP contribution in [0.4, 0.5) is 0 Å². The minimum absolute atomic E-state index is 0.253. The van der Waals surface area contributed by atoms with E-state index >= 15 is 0 Å². The van der Waals surface area contributed by atoms with Crippen LogP contribution in [-0.2, 0) is 9.47 Å². The third-order valence-electron chi connectivity index (χ3n) is 3.99. The highest BCUT2D eigenvalue weighted by Gasteiger charge is 2.18. The molecule has 2 heteroatoms. The van der Waals surface area contributed by atoms with Crippen molar-refractivity contribution in [2.24, 2.45) is 5.92 Å². The van der Waals surface area contributed by atoms with Gasteiger partial charge in [0.2, 0.25) is 0 Å². The summed E-state index contributed by atoms with van der Waals surface area (Å²) in [5, 5.41) is 0. The quantitative estimate of drug-likeness (QED) is 0.593. The Balaban J connectivity index is 2.85. The van der Waals surface area contributed by atoms with Gasteiger partial charge in [0, 0.05) is 19.4 Å². The maximum absolute atomic E-state index is 5.31. The van der Waals surface area contributed by atoms with E-state index in [1.807, 2.05) is 6.08 Å². The molecule has 112 valence electrons. The zero-order valence-electron chi connectivity index (χ0n) is 13.3. The van der Waals surface area contributed by atoms with Gasteiger partial charge in [0.25, 0.3) is 0 Å². The summed E-state index contributed by atoms with van der Waals surface area (Å²) in [6.07, 6.45) is 12.9. The van der Waals surface area contributed by atoms with E-state index in [1.54, 1.807) is 14.2 Å². The number of hydrogen-bond donors (Lipinski definition) is 0. The molecule has 2 nitrogen and oxygen atoms in total. The van der Waals surface area contributed by atoms with E-state index in [0.717, 1.165) is 31.4 Å². The van der Waals surface area contributed by atoms with Gasteiger partial charge in [-0.15, -0.1) is 0 Å². The van der Waals surface area contributed by atoms with Crippen LogP contribution in [0.25, 0.3) is 0 Å². The van der Waals surface area contributed by atoms with Crippen LogP contribution in [-0.4, -0.2) is 20.3 Å². The second kappa shape index (κ2) is 8.80. The van der Waals surface area contributed by atoms with Gasteiger partial charge in [-0.1, -0.05) is 37.3 Å². The fraction of sp³-hybridized carbons (Fsp3) is 0.556. The summed E-state index contributed by atoms with van der Waals surface area (Å²) in [6, 6.07) is 0. The molecule has 2 atom stereocenters. The Bertz CT molecular complexity index is 402. The summed E-state index contributed by atoms with van der Waals surface area (Å²) in [6.45, 7) is 8.31. The van der Waals surface area contributed by atoms with Gasteiger partial charge in [-0.3, -0.25) is 0 Å². The highest BCUT2D eigenvalue weighted by Crippen LogP contribution is 2.32. The second-order valence-corrected chi connectivity index (χ2v) is 5.23. The van der Waals surface area contributed by atoms with Crippen LogP contribution < -0.4 is 0 Å². The van der Waals surface area contributed by atoms with Crippen LogP contribution in [0.3, 0.4) is 0 Å². The monoisotopic (exact) mass is 276 g/mol. The summed E-state index contributed by atoms with van der Waals surface area (Å²) < 4.78 is 10.6. The molecule has 0 amide bonds. The lowest BCUT2D eigenvalue weighted by atomic mass is 9.83. The van der Waals surface area contributed by atoms with E-state index in [2.05, 4.69) is 38.7 Å². The van der Waals surface area contributed by atoms with Gasteiger partial charge in [0.15, 0.2) is 0 Å². The predicted octanol–water partition coefficient (Wildman–Crippen LogP) is 4.80. The Morgan fingerprint density at radius 3 is 2.55 bits per heavy atom. The highest BCUT2D eigenvalue weighted by atomic mass is 16.5. The average molecular weight is 276 g/mol. The molecule has 0 spiro atoms. The highest BCUT2D eigenvalue weighted by molar-refractivity contribution is 5.33. The topological polar surface area (TPSA) is 18.5 Å². The first-order valence-electron chi connectivity index (χ1n) is 7.45.